The molecule has 0 fully saturated rings. The molecule has 4 nitrogen and oxygen atoms in total. The molecular formula is C12H12O4. The van der Waals surface area contributed by atoms with Gasteiger partial charge in [0.25, 0.3) is 0 Å². The van der Waals surface area contributed by atoms with E-state index in [1.165, 1.54) is 0 Å². The first-order valence-corrected chi connectivity index (χ1v) is 5.08. The molecule has 84 valence electrons. The van der Waals surface area contributed by atoms with Gasteiger partial charge in [-0.05, 0) is 12.1 Å². The third-order valence-electron chi connectivity index (χ3n) is 2.17. The molecular weight excluding hydrogens is 208 g/mol. The standard InChI is InChI=1S/C12H12O4/c13-6-3-7-15-11-8-9-4-1-2-5-10(9)16-12(11)14/h1-2,4-5,8,13H,3,6-7H2. The van der Waals surface area contributed by atoms with Gasteiger partial charge in [-0.1, -0.05) is 18.2 Å². The Bertz CT molecular complexity index is 530. The van der Waals surface area contributed by atoms with Gasteiger partial charge in [0.2, 0.25) is 5.75 Å². The van der Waals surface area contributed by atoms with Gasteiger partial charge in [-0.15, -0.1) is 0 Å². The minimum Gasteiger partial charge on any atom is -0.486 e. The summed E-state index contributed by atoms with van der Waals surface area (Å²) in [7, 11) is 0. The van der Waals surface area contributed by atoms with Crippen molar-refractivity contribution < 1.29 is 14.3 Å². The van der Waals surface area contributed by atoms with Crippen LogP contribution in [0.1, 0.15) is 6.42 Å². The first-order valence-electron chi connectivity index (χ1n) is 5.08. The average Bonchev–Trinajstić information content (AvgIpc) is 2.30. The lowest BCUT2D eigenvalue weighted by molar-refractivity contribution is 0.229. The van der Waals surface area contributed by atoms with Crippen molar-refractivity contribution in [3.05, 3.63) is 40.8 Å². The van der Waals surface area contributed by atoms with E-state index in [-0.39, 0.29) is 12.4 Å². The van der Waals surface area contributed by atoms with Crippen molar-refractivity contribution in [2.24, 2.45) is 0 Å². The van der Waals surface area contributed by atoms with Crippen LogP contribution in [0.4, 0.5) is 0 Å². The summed E-state index contributed by atoms with van der Waals surface area (Å²) in [5, 5.41) is 9.42. The number of hydrogen-bond donors (Lipinski definition) is 1. The predicted octanol–water partition coefficient (Wildman–Crippen LogP) is 1.55. The molecule has 0 bridgehead atoms. The normalized spacial score (nSPS) is 10.6. The highest BCUT2D eigenvalue weighted by atomic mass is 16.5. The Hall–Kier alpha value is -1.81. The van der Waals surface area contributed by atoms with Crippen molar-refractivity contribution >= 4 is 11.0 Å². The monoisotopic (exact) mass is 220 g/mol. The molecule has 0 aliphatic heterocycles. The summed E-state index contributed by atoms with van der Waals surface area (Å²) in [4.78, 5) is 11.5. The highest BCUT2D eigenvalue weighted by Crippen LogP contribution is 2.16. The molecule has 2 rings (SSSR count). The Balaban J connectivity index is 2.31. The van der Waals surface area contributed by atoms with Gasteiger partial charge in [-0.25, -0.2) is 4.79 Å². The van der Waals surface area contributed by atoms with E-state index in [0.717, 1.165) is 5.39 Å². The van der Waals surface area contributed by atoms with Crippen LogP contribution in [-0.2, 0) is 0 Å². The Morgan fingerprint density at radius 3 is 2.94 bits per heavy atom. The maximum atomic E-state index is 11.5. The van der Waals surface area contributed by atoms with Gasteiger partial charge in [0.05, 0.1) is 6.61 Å². The molecule has 2 aromatic rings. The third-order valence-corrected chi connectivity index (χ3v) is 2.17. The van der Waals surface area contributed by atoms with Crippen LogP contribution in [0.25, 0.3) is 11.0 Å². The van der Waals surface area contributed by atoms with E-state index in [4.69, 9.17) is 14.3 Å². The molecule has 0 atom stereocenters. The molecule has 4 heteroatoms. The number of aliphatic hydroxyl groups excluding tert-OH is 1. The van der Waals surface area contributed by atoms with Crippen molar-refractivity contribution in [1.29, 1.82) is 0 Å². The van der Waals surface area contributed by atoms with Crippen molar-refractivity contribution in [3.63, 3.8) is 0 Å². The number of aliphatic hydroxyl groups is 1. The van der Waals surface area contributed by atoms with Gasteiger partial charge in [-0.3, -0.25) is 0 Å². The van der Waals surface area contributed by atoms with Crippen molar-refractivity contribution in [2.45, 2.75) is 6.42 Å². The molecule has 16 heavy (non-hydrogen) atoms. The van der Waals surface area contributed by atoms with Gasteiger partial charge >= 0.3 is 5.63 Å². The van der Waals surface area contributed by atoms with E-state index in [9.17, 15) is 4.79 Å². The third kappa shape index (κ3) is 2.23. The summed E-state index contributed by atoms with van der Waals surface area (Å²) in [6.07, 6.45) is 0.492. The van der Waals surface area contributed by atoms with Crippen LogP contribution >= 0.6 is 0 Å². The van der Waals surface area contributed by atoms with Gasteiger partial charge < -0.3 is 14.3 Å². The largest absolute Gasteiger partial charge is 0.486 e. The Kier molecular flexibility index (Phi) is 3.22. The van der Waals surface area contributed by atoms with E-state index >= 15 is 0 Å². The van der Waals surface area contributed by atoms with Crippen LogP contribution in [0.5, 0.6) is 5.75 Å². The van der Waals surface area contributed by atoms with Crippen molar-refractivity contribution in [1.82, 2.24) is 0 Å². The molecule has 1 aromatic heterocycles. The zero-order valence-corrected chi connectivity index (χ0v) is 8.68. The minimum absolute atomic E-state index is 0.0406. The van der Waals surface area contributed by atoms with E-state index in [1.54, 1.807) is 18.2 Å². The fourth-order valence-corrected chi connectivity index (χ4v) is 1.39. The number of hydrogen-bond acceptors (Lipinski definition) is 4. The topological polar surface area (TPSA) is 59.7 Å². The van der Waals surface area contributed by atoms with E-state index in [2.05, 4.69) is 0 Å². The number of ether oxygens (including phenoxy) is 1. The second-order valence-electron chi connectivity index (χ2n) is 3.36. The summed E-state index contributed by atoms with van der Waals surface area (Å²) < 4.78 is 10.3. The van der Waals surface area contributed by atoms with Gasteiger partial charge in [0, 0.05) is 18.4 Å². The fraction of sp³-hybridized carbons (Fsp3) is 0.250. The second kappa shape index (κ2) is 4.81. The number of para-hydroxylation sites is 1. The molecule has 0 amide bonds. The highest BCUT2D eigenvalue weighted by Gasteiger charge is 2.05. The first-order chi connectivity index (χ1) is 7.81. The van der Waals surface area contributed by atoms with Crippen LogP contribution in [0.2, 0.25) is 0 Å². The SMILES string of the molecule is O=c1oc2ccccc2cc1OCCCO. The minimum atomic E-state index is -0.489. The average molecular weight is 220 g/mol. The molecule has 0 unspecified atom stereocenters. The molecule has 1 heterocycles. The van der Waals surface area contributed by atoms with Crippen LogP contribution in [0.15, 0.2) is 39.5 Å². The molecule has 0 aliphatic carbocycles. The van der Waals surface area contributed by atoms with E-state index in [1.807, 2.05) is 12.1 Å². The van der Waals surface area contributed by atoms with Crippen molar-refractivity contribution in [3.8, 4) is 5.75 Å². The van der Waals surface area contributed by atoms with Gasteiger partial charge in [0.15, 0.2) is 0 Å². The van der Waals surface area contributed by atoms with Crippen LogP contribution < -0.4 is 10.4 Å². The molecule has 0 saturated carbocycles. The summed E-state index contributed by atoms with van der Waals surface area (Å²) >= 11 is 0. The summed E-state index contributed by atoms with van der Waals surface area (Å²) in [5.74, 6) is 0.187. The van der Waals surface area contributed by atoms with Crippen LogP contribution in [0.3, 0.4) is 0 Å². The summed E-state index contributed by atoms with van der Waals surface area (Å²) in [6, 6.07) is 8.89. The molecule has 0 aliphatic rings. The van der Waals surface area contributed by atoms with Gasteiger partial charge in [-0.2, -0.15) is 0 Å². The highest BCUT2D eigenvalue weighted by molar-refractivity contribution is 5.77. The molecule has 1 aromatic carbocycles. The van der Waals surface area contributed by atoms with Crippen LogP contribution in [0, 0.1) is 0 Å². The number of rotatable bonds is 4. The van der Waals surface area contributed by atoms with E-state index < -0.39 is 5.63 Å². The summed E-state index contributed by atoms with van der Waals surface area (Å²) in [5.41, 5.74) is 0.0543. The zero-order valence-electron chi connectivity index (χ0n) is 8.68. The Morgan fingerprint density at radius 2 is 2.12 bits per heavy atom. The van der Waals surface area contributed by atoms with E-state index in [0.29, 0.717) is 18.6 Å². The molecule has 0 saturated heterocycles. The molecule has 1 N–H and O–H groups in total. The number of fused-ring (bicyclic) bond motifs is 1. The van der Waals surface area contributed by atoms with Crippen LogP contribution in [-0.4, -0.2) is 18.3 Å². The number of benzene rings is 1. The molecule has 0 radical (unpaired) electrons. The fourth-order valence-electron chi connectivity index (χ4n) is 1.39. The predicted molar refractivity (Wildman–Crippen MR) is 59.7 cm³/mol. The quantitative estimate of drug-likeness (QED) is 0.627. The first kappa shape index (κ1) is 10.7. The second-order valence-corrected chi connectivity index (χ2v) is 3.36. The zero-order chi connectivity index (χ0) is 11.4. The maximum Gasteiger partial charge on any atom is 0.379 e. The van der Waals surface area contributed by atoms with Gasteiger partial charge in [0.1, 0.15) is 5.58 Å². The maximum absolute atomic E-state index is 11.5. The lowest BCUT2D eigenvalue weighted by Gasteiger charge is -2.04. The summed E-state index contributed by atoms with van der Waals surface area (Å²) in [6.45, 7) is 0.346. The Labute approximate surface area is 92.1 Å². The van der Waals surface area contributed by atoms with Crippen molar-refractivity contribution in [2.75, 3.05) is 13.2 Å². The lowest BCUT2D eigenvalue weighted by Crippen LogP contribution is -2.08. The smallest absolute Gasteiger partial charge is 0.379 e. The Morgan fingerprint density at radius 1 is 1.31 bits per heavy atom. The lowest BCUT2D eigenvalue weighted by atomic mass is 10.2. The molecule has 0 spiro atoms.